The molecule has 0 radical (unpaired) electrons. The first-order valence-corrected chi connectivity index (χ1v) is 8.71. The fourth-order valence-corrected chi connectivity index (χ4v) is 2.83. The summed E-state index contributed by atoms with van der Waals surface area (Å²) in [6.45, 7) is 2.02. The molecule has 0 aliphatic carbocycles. The number of benzene rings is 2. The summed E-state index contributed by atoms with van der Waals surface area (Å²) in [4.78, 5) is 37.5. The van der Waals surface area contributed by atoms with E-state index in [0.717, 1.165) is 4.90 Å². The fraction of sp³-hybridized carbons (Fsp3) is 0.200. The zero-order valence-electron chi connectivity index (χ0n) is 15.2. The van der Waals surface area contributed by atoms with E-state index in [1.54, 1.807) is 55.5 Å². The van der Waals surface area contributed by atoms with Crippen molar-refractivity contribution in [1.29, 1.82) is 0 Å². The quantitative estimate of drug-likeness (QED) is 0.251. The average Bonchev–Trinajstić information content (AvgIpc) is 2.96. The third-order valence-corrected chi connectivity index (χ3v) is 4.25. The maximum absolute atomic E-state index is 12.4. The number of hydrogen-bond acceptors (Lipinski definition) is 7. The summed E-state index contributed by atoms with van der Waals surface area (Å²) in [5.41, 5.74) is 2.00. The van der Waals surface area contributed by atoms with Crippen LogP contribution in [0.5, 0.6) is 0 Å². The summed E-state index contributed by atoms with van der Waals surface area (Å²) in [6, 6.07) is 13.2. The van der Waals surface area contributed by atoms with Crippen LogP contribution in [0.25, 0.3) is 0 Å². The van der Waals surface area contributed by atoms with Crippen molar-refractivity contribution >= 4 is 29.2 Å². The molecular weight excluding hydrogens is 362 g/mol. The molecule has 8 nitrogen and oxygen atoms in total. The first kappa shape index (κ1) is 19.1. The van der Waals surface area contributed by atoms with Gasteiger partial charge in [-0.2, -0.15) is 0 Å². The number of rotatable bonds is 7. The SMILES string of the molecule is CCOC(=O)c1ccc(NC/C(CN2C(=O)c3ccccc3C2=O)=N\O)cc1. The van der Waals surface area contributed by atoms with Crippen molar-refractivity contribution in [2.24, 2.45) is 5.16 Å². The van der Waals surface area contributed by atoms with Crippen LogP contribution in [-0.4, -0.2) is 53.3 Å². The van der Waals surface area contributed by atoms with Gasteiger partial charge in [0.2, 0.25) is 0 Å². The summed E-state index contributed by atoms with van der Waals surface area (Å²) >= 11 is 0. The van der Waals surface area contributed by atoms with Gasteiger partial charge in [-0.25, -0.2) is 4.79 Å². The third-order valence-electron chi connectivity index (χ3n) is 4.25. The molecule has 0 saturated heterocycles. The van der Waals surface area contributed by atoms with Crippen LogP contribution < -0.4 is 5.32 Å². The summed E-state index contributed by atoms with van der Waals surface area (Å²) in [6.07, 6.45) is 0. The lowest BCUT2D eigenvalue weighted by Crippen LogP contribution is -2.37. The van der Waals surface area contributed by atoms with Gasteiger partial charge < -0.3 is 15.3 Å². The maximum Gasteiger partial charge on any atom is 0.338 e. The highest BCUT2D eigenvalue weighted by Gasteiger charge is 2.35. The molecule has 3 rings (SSSR count). The van der Waals surface area contributed by atoms with Crippen molar-refractivity contribution < 1.29 is 24.3 Å². The lowest BCUT2D eigenvalue weighted by molar-refractivity contribution is 0.0525. The van der Waals surface area contributed by atoms with E-state index in [4.69, 9.17) is 4.74 Å². The molecule has 8 heteroatoms. The van der Waals surface area contributed by atoms with Crippen LogP contribution in [0, 0.1) is 0 Å². The molecular formula is C20H19N3O5. The van der Waals surface area contributed by atoms with Crippen LogP contribution in [0.2, 0.25) is 0 Å². The van der Waals surface area contributed by atoms with Crippen LogP contribution in [0.1, 0.15) is 38.0 Å². The summed E-state index contributed by atoms with van der Waals surface area (Å²) < 4.78 is 4.92. The number of ether oxygens (including phenoxy) is 1. The molecule has 2 aromatic carbocycles. The third kappa shape index (κ3) is 3.85. The smallest absolute Gasteiger partial charge is 0.338 e. The van der Waals surface area contributed by atoms with Gasteiger partial charge in [0.05, 0.1) is 42.1 Å². The molecule has 1 aliphatic rings. The predicted octanol–water partition coefficient (Wildman–Crippen LogP) is 2.40. The number of fused-ring (bicyclic) bond motifs is 1. The molecule has 2 N–H and O–H groups in total. The van der Waals surface area contributed by atoms with Crippen molar-refractivity contribution in [3.8, 4) is 0 Å². The van der Waals surface area contributed by atoms with Gasteiger partial charge in [0, 0.05) is 5.69 Å². The summed E-state index contributed by atoms with van der Waals surface area (Å²) in [7, 11) is 0. The number of amides is 2. The molecule has 1 aliphatic heterocycles. The van der Waals surface area contributed by atoms with Gasteiger partial charge >= 0.3 is 5.97 Å². The number of nitrogens with one attached hydrogen (secondary N) is 1. The van der Waals surface area contributed by atoms with E-state index in [9.17, 15) is 19.6 Å². The Kier molecular flexibility index (Phi) is 5.69. The number of nitrogens with zero attached hydrogens (tertiary/aromatic N) is 2. The Morgan fingerprint density at radius 2 is 1.68 bits per heavy atom. The second-order valence-electron chi connectivity index (χ2n) is 6.06. The van der Waals surface area contributed by atoms with Gasteiger partial charge in [-0.1, -0.05) is 17.3 Å². The molecule has 1 heterocycles. The van der Waals surface area contributed by atoms with Gasteiger partial charge in [-0.15, -0.1) is 0 Å². The number of hydrogen-bond donors (Lipinski definition) is 2. The Balaban J connectivity index is 1.61. The van der Waals surface area contributed by atoms with E-state index < -0.39 is 17.8 Å². The number of oxime groups is 1. The second-order valence-corrected chi connectivity index (χ2v) is 6.06. The standard InChI is InChI=1S/C20H19N3O5/c1-2-28-20(26)13-7-9-14(10-8-13)21-11-15(22-27)12-23-18(24)16-5-3-4-6-17(16)19(23)25/h3-10,21,27H,2,11-12H2,1H3/b22-15+. The molecule has 2 aromatic rings. The highest BCUT2D eigenvalue weighted by molar-refractivity contribution is 6.22. The predicted molar refractivity (Wildman–Crippen MR) is 102 cm³/mol. The highest BCUT2D eigenvalue weighted by atomic mass is 16.5. The van der Waals surface area contributed by atoms with Gasteiger partial charge in [-0.05, 0) is 43.3 Å². The zero-order chi connectivity index (χ0) is 20.1. The molecule has 0 unspecified atom stereocenters. The minimum Gasteiger partial charge on any atom is -0.462 e. The summed E-state index contributed by atoms with van der Waals surface area (Å²) in [5, 5.41) is 15.5. The minimum absolute atomic E-state index is 0.114. The molecule has 144 valence electrons. The van der Waals surface area contributed by atoms with Crippen LogP contribution in [0.4, 0.5) is 5.69 Å². The van der Waals surface area contributed by atoms with E-state index >= 15 is 0 Å². The molecule has 0 spiro atoms. The number of esters is 1. The fourth-order valence-electron chi connectivity index (χ4n) is 2.83. The molecule has 0 saturated carbocycles. The molecule has 28 heavy (non-hydrogen) atoms. The van der Waals surface area contributed by atoms with Gasteiger partial charge in [-0.3, -0.25) is 14.5 Å². The van der Waals surface area contributed by atoms with Gasteiger partial charge in [0.25, 0.3) is 11.8 Å². The van der Waals surface area contributed by atoms with Crippen LogP contribution in [-0.2, 0) is 4.74 Å². The van der Waals surface area contributed by atoms with Crippen molar-refractivity contribution in [2.45, 2.75) is 6.92 Å². The number of imide groups is 1. The van der Waals surface area contributed by atoms with Crippen LogP contribution in [0.3, 0.4) is 0 Å². The lowest BCUT2D eigenvalue weighted by atomic mass is 10.1. The molecule has 2 amide bonds. The normalized spacial score (nSPS) is 13.5. The average molecular weight is 381 g/mol. The molecule has 0 bridgehead atoms. The Labute approximate surface area is 161 Å². The Bertz CT molecular complexity index is 902. The summed E-state index contributed by atoms with van der Waals surface area (Å²) in [5.74, 6) is -1.24. The van der Waals surface area contributed by atoms with E-state index in [1.807, 2.05) is 0 Å². The van der Waals surface area contributed by atoms with Crippen molar-refractivity contribution in [3.05, 3.63) is 65.2 Å². The van der Waals surface area contributed by atoms with Gasteiger partial charge in [0.1, 0.15) is 0 Å². The highest BCUT2D eigenvalue weighted by Crippen LogP contribution is 2.22. The van der Waals surface area contributed by atoms with E-state index in [2.05, 4.69) is 10.5 Å². The Morgan fingerprint density at radius 3 is 2.21 bits per heavy atom. The van der Waals surface area contributed by atoms with Gasteiger partial charge in [0.15, 0.2) is 0 Å². The van der Waals surface area contributed by atoms with Crippen LogP contribution >= 0.6 is 0 Å². The van der Waals surface area contributed by atoms with Crippen molar-refractivity contribution in [2.75, 3.05) is 25.0 Å². The topological polar surface area (TPSA) is 108 Å². The number of carbonyl (C=O) groups excluding carboxylic acids is 3. The lowest BCUT2D eigenvalue weighted by Gasteiger charge is -2.15. The molecule has 0 atom stereocenters. The second kappa shape index (κ2) is 8.34. The Hall–Kier alpha value is -3.68. The largest absolute Gasteiger partial charge is 0.462 e. The molecule has 0 fully saturated rings. The van der Waals surface area contributed by atoms with Crippen LogP contribution in [0.15, 0.2) is 53.7 Å². The number of anilines is 1. The first-order valence-electron chi connectivity index (χ1n) is 8.71. The van der Waals surface area contributed by atoms with E-state index in [1.165, 1.54) is 0 Å². The van der Waals surface area contributed by atoms with E-state index in [-0.39, 0.29) is 18.8 Å². The van der Waals surface area contributed by atoms with Crippen molar-refractivity contribution in [3.63, 3.8) is 0 Å². The van der Waals surface area contributed by atoms with E-state index in [0.29, 0.717) is 29.0 Å². The maximum atomic E-state index is 12.4. The molecule has 0 aromatic heterocycles. The minimum atomic E-state index is -0.416. The van der Waals surface area contributed by atoms with Crippen molar-refractivity contribution in [1.82, 2.24) is 4.90 Å². The number of carbonyl (C=O) groups is 3. The Morgan fingerprint density at radius 1 is 1.07 bits per heavy atom. The monoisotopic (exact) mass is 381 g/mol. The zero-order valence-corrected chi connectivity index (χ0v) is 15.2. The first-order chi connectivity index (χ1) is 13.5.